The summed E-state index contributed by atoms with van der Waals surface area (Å²) in [7, 11) is 3.33. The van der Waals surface area contributed by atoms with E-state index in [1.807, 2.05) is 18.5 Å². The molecule has 0 bridgehead atoms. The van der Waals surface area contributed by atoms with Crippen LogP contribution in [0.5, 0.6) is 11.5 Å². The molecule has 0 aliphatic rings. The van der Waals surface area contributed by atoms with Crippen LogP contribution in [0.2, 0.25) is 0 Å². The van der Waals surface area contributed by atoms with Crippen LogP contribution in [0.1, 0.15) is 50.8 Å². The Morgan fingerprint density at radius 2 is 1.80 bits per heavy atom. The number of nitrogens with zero attached hydrogens (tertiary/aromatic N) is 3. The average molecular weight is 421 g/mol. The molecule has 0 aliphatic heterocycles. The van der Waals surface area contributed by atoms with Gasteiger partial charge in [-0.2, -0.15) is 0 Å². The molecular weight excluding hydrogens is 395 g/mol. The Hall–Kier alpha value is -2.77. The van der Waals surface area contributed by atoms with E-state index in [1.165, 1.54) is 30.9 Å². The minimum atomic E-state index is -4.77. The molecule has 0 radical (unpaired) electrons. The summed E-state index contributed by atoms with van der Waals surface area (Å²) in [6, 6.07) is 4.01. The molecule has 1 aromatic carbocycles. The zero-order valence-electron chi connectivity index (χ0n) is 17.8. The summed E-state index contributed by atoms with van der Waals surface area (Å²) in [6.45, 7) is 6.29. The normalized spacial score (nSPS) is 12.0. The quantitative estimate of drug-likeness (QED) is 0.469. The lowest BCUT2D eigenvalue weighted by molar-refractivity contribution is -0.274. The van der Waals surface area contributed by atoms with Gasteiger partial charge < -0.3 is 14.0 Å². The SMILES string of the molecule is CCc1nc2c(C(CC)CC)cn(C)c2nc1-c1ccc(OC(F)(F)F)cc1OC. The first-order chi connectivity index (χ1) is 14.2. The Labute approximate surface area is 173 Å². The highest BCUT2D eigenvalue weighted by atomic mass is 19.4. The fourth-order valence-corrected chi connectivity index (χ4v) is 3.79. The lowest BCUT2D eigenvalue weighted by Gasteiger charge is -2.15. The summed E-state index contributed by atoms with van der Waals surface area (Å²) in [5, 5.41) is 0. The number of ether oxygens (including phenoxy) is 2. The number of methoxy groups -OCH3 is 1. The average Bonchev–Trinajstić information content (AvgIpc) is 3.02. The maximum Gasteiger partial charge on any atom is 0.573 e. The van der Waals surface area contributed by atoms with E-state index in [2.05, 4.69) is 24.8 Å². The van der Waals surface area contributed by atoms with Crippen LogP contribution in [-0.4, -0.2) is 28.0 Å². The largest absolute Gasteiger partial charge is 0.573 e. The molecule has 3 rings (SSSR count). The fourth-order valence-electron chi connectivity index (χ4n) is 3.79. The molecule has 0 saturated heterocycles. The highest BCUT2D eigenvalue weighted by molar-refractivity contribution is 5.82. The maximum atomic E-state index is 12.6. The Morgan fingerprint density at radius 3 is 2.37 bits per heavy atom. The predicted molar refractivity (Wildman–Crippen MR) is 110 cm³/mol. The minimum Gasteiger partial charge on any atom is -0.496 e. The first kappa shape index (κ1) is 21.9. The van der Waals surface area contributed by atoms with Crippen LogP contribution in [-0.2, 0) is 13.5 Å². The second-order valence-corrected chi connectivity index (χ2v) is 7.16. The van der Waals surface area contributed by atoms with Crippen LogP contribution >= 0.6 is 0 Å². The van der Waals surface area contributed by atoms with Gasteiger partial charge in [0.1, 0.15) is 17.0 Å². The van der Waals surface area contributed by atoms with Gasteiger partial charge in [0.05, 0.1) is 18.5 Å². The molecule has 0 fully saturated rings. The Kier molecular flexibility index (Phi) is 6.24. The molecule has 3 aromatic rings. The fraction of sp³-hybridized carbons (Fsp3) is 0.455. The number of halogens is 3. The number of rotatable bonds is 7. The van der Waals surface area contributed by atoms with Gasteiger partial charge in [0, 0.05) is 30.4 Å². The highest BCUT2D eigenvalue weighted by Gasteiger charge is 2.31. The van der Waals surface area contributed by atoms with Crippen molar-refractivity contribution in [1.82, 2.24) is 14.5 Å². The predicted octanol–water partition coefficient (Wildman–Crippen LogP) is 6.01. The van der Waals surface area contributed by atoms with Crippen LogP contribution in [0.25, 0.3) is 22.4 Å². The van der Waals surface area contributed by atoms with Crippen molar-refractivity contribution in [2.75, 3.05) is 7.11 Å². The van der Waals surface area contributed by atoms with Crippen LogP contribution in [0.3, 0.4) is 0 Å². The third-order valence-electron chi connectivity index (χ3n) is 5.31. The Morgan fingerprint density at radius 1 is 1.10 bits per heavy atom. The van der Waals surface area contributed by atoms with Gasteiger partial charge in [-0.1, -0.05) is 20.8 Å². The minimum absolute atomic E-state index is 0.245. The monoisotopic (exact) mass is 421 g/mol. The van der Waals surface area contributed by atoms with E-state index in [9.17, 15) is 13.2 Å². The molecule has 0 aliphatic carbocycles. The summed E-state index contributed by atoms with van der Waals surface area (Å²) in [6.07, 6.45) is -0.0547. The number of alkyl halides is 3. The molecule has 162 valence electrons. The molecule has 0 N–H and O–H groups in total. The van der Waals surface area contributed by atoms with Gasteiger partial charge in [0.25, 0.3) is 0 Å². The van der Waals surface area contributed by atoms with Crippen molar-refractivity contribution in [2.45, 2.75) is 52.3 Å². The summed E-state index contributed by atoms with van der Waals surface area (Å²) < 4.78 is 49.0. The van der Waals surface area contributed by atoms with E-state index in [1.54, 1.807) is 0 Å². The molecule has 0 saturated carbocycles. The number of aromatic nitrogens is 3. The van der Waals surface area contributed by atoms with Crippen molar-refractivity contribution in [1.29, 1.82) is 0 Å². The van der Waals surface area contributed by atoms with E-state index >= 15 is 0 Å². The standard InChI is InChI=1S/C22H26F3N3O2/c1-6-13(7-2)16-12-28(4)21-20(16)26-17(8-3)19(27-21)15-10-9-14(11-18(15)29-5)30-22(23,24)25/h9-13H,6-8H2,1-5H3. The third kappa shape index (κ3) is 4.22. The van der Waals surface area contributed by atoms with E-state index < -0.39 is 6.36 Å². The number of hydrogen-bond acceptors (Lipinski definition) is 4. The van der Waals surface area contributed by atoms with Crippen molar-refractivity contribution in [3.8, 4) is 22.8 Å². The molecule has 30 heavy (non-hydrogen) atoms. The number of benzene rings is 1. The van der Waals surface area contributed by atoms with Crippen LogP contribution < -0.4 is 9.47 Å². The van der Waals surface area contributed by atoms with E-state index in [-0.39, 0.29) is 11.5 Å². The summed E-state index contributed by atoms with van der Waals surface area (Å²) in [5.41, 5.74) is 4.72. The lowest BCUT2D eigenvalue weighted by Crippen LogP contribution is -2.17. The maximum absolute atomic E-state index is 12.6. The topological polar surface area (TPSA) is 49.2 Å². The molecule has 0 amide bonds. The smallest absolute Gasteiger partial charge is 0.496 e. The van der Waals surface area contributed by atoms with E-state index in [4.69, 9.17) is 14.7 Å². The van der Waals surface area contributed by atoms with Gasteiger partial charge in [-0.3, -0.25) is 0 Å². The second-order valence-electron chi connectivity index (χ2n) is 7.16. The van der Waals surface area contributed by atoms with Crippen LogP contribution in [0.15, 0.2) is 24.4 Å². The van der Waals surface area contributed by atoms with Gasteiger partial charge in [0.2, 0.25) is 0 Å². The molecule has 2 heterocycles. The van der Waals surface area contributed by atoms with Gasteiger partial charge in [-0.15, -0.1) is 13.2 Å². The first-order valence-corrected chi connectivity index (χ1v) is 10.0. The van der Waals surface area contributed by atoms with Crippen LogP contribution in [0, 0.1) is 0 Å². The lowest BCUT2D eigenvalue weighted by atomic mass is 9.95. The van der Waals surface area contributed by atoms with Gasteiger partial charge in [0.15, 0.2) is 5.65 Å². The molecule has 0 unspecified atom stereocenters. The van der Waals surface area contributed by atoms with Gasteiger partial charge in [-0.05, 0) is 37.3 Å². The third-order valence-corrected chi connectivity index (χ3v) is 5.31. The number of fused-ring (bicyclic) bond motifs is 1. The summed E-state index contributed by atoms with van der Waals surface area (Å²) in [5.74, 6) is 0.298. The Bertz CT molecular complexity index is 1040. The zero-order valence-corrected chi connectivity index (χ0v) is 17.8. The van der Waals surface area contributed by atoms with Crippen LogP contribution in [0.4, 0.5) is 13.2 Å². The van der Waals surface area contributed by atoms with Gasteiger partial charge in [-0.25, -0.2) is 9.97 Å². The summed E-state index contributed by atoms with van der Waals surface area (Å²) >= 11 is 0. The second kappa shape index (κ2) is 8.53. The molecular formula is C22H26F3N3O2. The van der Waals surface area contributed by atoms with E-state index in [0.717, 1.165) is 29.7 Å². The molecule has 0 spiro atoms. The Balaban J connectivity index is 2.17. The summed E-state index contributed by atoms with van der Waals surface area (Å²) in [4.78, 5) is 9.77. The zero-order chi connectivity index (χ0) is 22.1. The van der Waals surface area contributed by atoms with Crippen molar-refractivity contribution < 1.29 is 22.6 Å². The molecule has 2 aromatic heterocycles. The van der Waals surface area contributed by atoms with Crippen molar-refractivity contribution in [2.24, 2.45) is 7.05 Å². The van der Waals surface area contributed by atoms with Crippen molar-refractivity contribution >= 4 is 11.2 Å². The van der Waals surface area contributed by atoms with E-state index in [0.29, 0.717) is 23.6 Å². The van der Waals surface area contributed by atoms with Gasteiger partial charge >= 0.3 is 6.36 Å². The first-order valence-electron chi connectivity index (χ1n) is 10.0. The number of aryl methyl sites for hydroxylation is 2. The molecule has 0 atom stereocenters. The van der Waals surface area contributed by atoms with Crippen molar-refractivity contribution in [3.05, 3.63) is 35.7 Å². The highest BCUT2D eigenvalue weighted by Crippen LogP contribution is 2.37. The van der Waals surface area contributed by atoms with Crippen molar-refractivity contribution in [3.63, 3.8) is 0 Å². The number of hydrogen-bond donors (Lipinski definition) is 0. The molecule has 5 nitrogen and oxygen atoms in total. The molecule has 8 heteroatoms.